The van der Waals surface area contributed by atoms with Crippen LogP contribution < -0.4 is 4.90 Å². The van der Waals surface area contributed by atoms with Crippen molar-refractivity contribution in [2.75, 3.05) is 31.1 Å². The van der Waals surface area contributed by atoms with Gasteiger partial charge in [-0.1, -0.05) is 13.8 Å². The zero-order chi connectivity index (χ0) is 18.8. The smallest absolute Gasteiger partial charge is 0.227 e. The van der Waals surface area contributed by atoms with Crippen molar-refractivity contribution >= 4 is 11.7 Å². The molecule has 144 valence electrons. The average Bonchev–Trinajstić information content (AvgIpc) is 3.22. The number of piperidine rings is 2. The van der Waals surface area contributed by atoms with Gasteiger partial charge in [0.25, 0.3) is 0 Å². The van der Waals surface area contributed by atoms with Gasteiger partial charge in [-0.15, -0.1) is 0 Å². The third kappa shape index (κ3) is 3.96. The second-order valence-corrected chi connectivity index (χ2v) is 8.16. The Kier molecular flexibility index (Phi) is 5.09. The number of carbonyl (C=O) groups excluding carboxylic acids is 1. The van der Waals surface area contributed by atoms with Crippen molar-refractivity contribution < 1.29 is 4.79 Å². The van der Waals surface area contributed by atoms with Crippen LogP contribution in [0.25, 0.3) is 5.82 Å². The molecule has 0 radical (unpaired) electrons. The largest absolute Gasteiger partial charge is 0.356 e. The Bertz CT molecular complexity index is 767. The van der Waals surface area contributed by atoms with E-state index in [2.05, 4.69) is 38.7 Å². The molecule has 7 heteroatoms. The molecule has 0 N–H and O–H groups in total. The molecule has 0 aliphatic carbocycles. The van der Waals surface area contributed by atoms with E-state index in [1.807, 2.05) is 18.3 Å². The summed E-state index contributed by atoms with van der Waals surface area (Å²) in [6.45, 7) is 7.95. The molecule has 0 aromatic carbocycles. The molecule has 1 amide bonds. The normalized spacial score (nSPS) is 26.2. The van der Waals surface area contributed by atoms with Gasteiger partial charge in [0.2, 0.25) is 5.91 Å². The van der Waals surface area contributed by atoms with Gasteiger partial charge in [0, 0.05) is 44.6 Å². The minimum absolute atomic E-state index is 0.0550. The van der Waals surface area contributed by atoms with Gasteiger partial charge in [0.1, 0.15) is 12.1 Å². The lowest BCUT2D eigenvalue weighted by Crippen LogP contribution is -2.49. The highest BCUT2D eigenvalue weighted by molar-refractivity contribution is 5.80. The fourth-order valence-corrected chi connectivity index (χ4v) is 4.53. The van der Waals surface area contributed by atoms with Gasteiger partial charge in [-0.05, 0) is 37.2 Å². The van der Waals surface area contributed by atoms with Gasteiger partial charge in [0.05, 0.1) is 5.92 Å². The Labute approximate surface area is 160 Å². The first-order valence-corrected chi connectivity index (χ1v) is 9.96. The zero-order valence-electron chi connectivity index (χ0n) is 16.2. The molecule has 3 unspecified atom stereocenters. The summed E-state index contributed by atoms with van der Waals surface area (Å²) in [5.41, 5.74) is 0. The fraction of sp³-hybridized carbons (Fsp3) is 0.600. The minimum atomic E-state index is 0.0550. The molecular weight excluding hydrogens is 340 g/mol. The second kappa shape index (κ2) is 7.66. The molecule has 0 saturated carbocycles. The van der Waals surface area contributed by atoms with E-state index in [0.29, 0.717) is 17.7 Å². The average molecular weight is 368 g/mol. The Morgan fingerprint density at radius 3 is 2.63 bits per heavy atom. The predicted octanol–water partition coefficient (Wildman–Crippen LogP) is 2.38. The van der Waals surface area contributed by atoms with E-state index in [1.165, 1.54) is 6.42 Å². The summed E-state index contributed by atoms with van der Waals surface area (Å²) in [6.07, 6.45) is 8.37. The van der Waals surface area contributed by atoms with Crippen LogP contribution in [0.3, 0.4) is 0 Å². The lowest BCUT2D eigenvalue weighted by atomic mass is 9.89. The van der Waals surface area contributed by atoms with Crippen LogP contribution in [0, 0.1) is 17.8 Å². The summed E-state index contributed by atoms with van der Waals surface area (Å²) in [4.78, 5) is 26.2. The number of likely N-dealkylation sites (tertiary alicyclic amines) is 1. The highest BCUT2D eigenvalue weighted by Gasteiger charge is 2.33. The zero-order valence-corrected chi connectivity index (χ0v) is 16.2. The van der Waals surface area contributed by atoms with Crippen molar-refractivity contribution in [1.29, 1.82) is 0 Å². The number of hydrogen-bond donors (Lipinski definition) is 0. The highest BCUT2D eigenvalue weighted by atomic mass is 16.2. The van der Waals surface area contributed by atoms with Crippen LogP contribution in [0.15, 0.2) is 30.9 Å². The van der Waals surface area contributed by atoms with Crippen molar-refractivity contribution in [3.8, 4) is 5.82 Å². The standard InChI is InChI=1S/C20H28N6O/c1-15-9-16(2)12-25(11-15)20(27)17-5-3-7-24(13-17)18-10-19(22-14-21-18)26-8-4-6-23-26/h4,6,8,10,14-17H,3,5,7,9,11-13H2,1-2H3. The van der Waals surface area contributed by atoms with Crippen molar-refractivity contribution in [3.05, 3.63) is 30.9 Å². The monoisotopic (exact) mass is 368 g/mol. The fourth-order valence-electron chi connectivity index (χ4n) is 4.53. The SMILES string of the molecule is CC1CC(C)CN(C(=O)C2CCCN(c3cc(-n4cccn4)ncn3)C2)C1. The second-order valence-electron chi connectivity index (χ2n) is 8.16. The lowest BCUT2D eigenvalue weighted by Gasteiger charge is -2.39. The Morgan fingerprint density at radius 2 is 1.89 bits per heavy atom. The first-order valence-electron chi connectivity index (χ1n) is 9.96. The van der Waals surface area contributed by atoms with Crippen LogP contribution in [0.2, 0.25) is 0 Å². The van der Waals surface area contributed by atoms with Crippen LogP contribution in [0.5, 0.6) is 0 Å². The number of hydrogen-bond acceptors (Lipinski definition) is 5. The minimum Gasteiger partial charge on any atom is -0.356 e. The quantitative estimate of drug-likeness (QED) is 0.832. The number of anilines is 1. The van der Waals surface area contributed by atoms with E-state index in [1.54, 1.807) is 17.2 Å². The Morgan fingerprint density at radius 1 is 1.11 bits per heavy atom. The first kappa shape index (κ1) is 17.9. The van der Waals surface area contributed by atoms with Gasteiger partial charge in [-0.2, -0.15) is 5.10 Å². The molecule has 2 saturated heterocycles. The van der Waals surface area contributed by atoms with Crippen molar-refractivity contribution in [2.45, 2.75) is 33.1 Å². The van der Waals surface area contributed by atoms with E-state index in [-0.39, 0.29) is 5.92 Å². The van der Waals surface area contributed by atoms with E-state index in [9.17, 15) is 4.79 Å². The van der Waals surface area contributed by atoms with Crippen LogP contribution in [-0.4, -0.2) is 56.7 Å². The number of nitrogens with zero attached hydrogens (tertiary/aromatic N) is 6. The predicted molar refractivity (Wildman–Crippen MR) is 104 cm³/mol. The van der Waals surface area contributed by atoms with Crippen LogP contribution in [0.1, 0.15) is 33.1 Å². The van der Waals surface area contributed by atoms with Gasteiger partial charge >= 0.3 is 0 Å². The van der Waals surface area contributed by atoms with Crippen molar-refractivity contribution in [3.63, 3.8) is 0 Å². The molecule has 3 atom stereocenters. The molecule has 4 rings (SSSR count). The molecular formula is C20H28N6O. The van der Waals surface area contributed by atoms with Gasteiger partial charge < -0.3 is 9.80 Å². The lowest BCUT2D eigenvalue weighted by molar-refractivity contribution is -0.138. The van der Waals surface area contributed by atoms with Crippen LogP contribution in [-0.2, 0) is 4.79 Å². The topological polar surface area (TPSA) is 67.2 Å². The summed E-state index contributed by atoms with van der Waals surface area (Å²) in [6, 6.07) is 3.82. The molecule has 2 aliphatic heterocycles. The molecule has 0 bridgehead atoms. The van der Waals surface area contributed by atoms with Gasteiger partial charge in [-0.3, -0.25) is 4.79 Å². The molecule has 27 heavy (non-hydrogen) atoms. The molecule has 2 aromatic rings. The summed E-state index contributed by atoms with van der Waals surface area (Å²) in [5.74, 6) is 3.18. The maximum absolute atomic E-state index is 13.1. The molecule has 2 fully saturated rings. The molecule has 2 aliphatic rings. The number of amides is 1. The number of aromatic nitrogens is 4. The number of rotatable bonds is 3. The van der Waals surface area contributed by atoms with Crippen molar-refractivity contribution in [1.82, 2.24) is 24.6 Å². The van der Waals surface area contributed by atoms with Gasteiger partial charge in [0.15, 0.2) is 5.82 Å². The molecule has 4 heterocycles. The maximum atomic E-state index is 13.1. The third-order valence-electron chi connectivity index (χ3n) is 5.65. The van der Waals surface area contributed by atoms with E-state index in [0.717, 1.165) is 50.7 Å². The van der Waals surface area contributed by atoms with Gasteiger partial charge in [-0.25, -0.2) is 14.6 Å². The Hall–Kier alpha value is -2.44. The number of carbonyl (C=O) groups is 1. The summed E-state index contributed by atoms with van der Waals surface area (Å²) >= 11 is 0. The maximum Gasteiger partial charge on any atom is 0.227 e. The summed E-state index contributed by atoms with van der Waals surface area (Å²) in [7, 11) is 0. The van der Waals surface area contributed by atoms with Crippen LogP contribution in [0.4, 0.5) is 5.82 Å². The third-order valence-corrected chi connectivity index (χ3v) is 5.65. The summed E-state index contributed by atoms with van der Waals surface area (Å²) in [5, 5.41) is 4.24. The van der Waals surface area contributed by atoms with Crippen molar-refractivity contribution in [2.24, 2.45) is 17.8 Å². The first-order chi connectivity index (χ1) is 13.1. The molecule has 2 aromatic heterocycles. The van der Waals surface area contributed by atoms with Crippen LogP contribution >= 0.6 is 0 Å². The highest BCUT2D eigenvalue weighted by Crippen LogP contribution is 2.27. The molecule has 7 nitrogen and oxygen atoms in total. The van der Waals surface area contributed by atoms with E-state index in [4.69, 9.17) is 0 Å². The molecule has 0 spiro atoms. The summed E-state index contributed by atoms with van der Waals surface area (Å²) < 4.78 is 1.73. The van der Waals surface area contributed by atoms with E-state index < -0.39 is 0 Å². The Balaban J connectivity index is 1.47. The van der Waals surface area contributed by atoms with E-state index >= 15 is 0 Å².